The van der Waals surface area contributed by atoms with Crippen LogP contribution in [-0.4, -0.2) is 50.6 Å². The lowest BCUT2D eigenvalue weighted by Crippen LogP contribution is -2.73. The van der Waals surface area contributed by atoms with Gasteiger partial charge in [-0.25, -0.2) is 0 Å². The van der Waals surface area contributed by atoms with Crippen molar-refractivity contribution in [3.63, 3.8) is 0 Å². The second-order valence-electron chi connectivity index (χ2n) is 9.13. The van der Waals surface area contributed by atoms with Crippen molar-refractivity contribution >= 4 is 37.5 Å². The quantitative estimate of drug-likeness (QED) is 0.163. The summed E-state index contributed by atoms with van der Waals surface area (Å²) >= 11 is 12.4. The van der Waals surface area contributed by atoms with E-state index in [1.54, 1.807) is 20.8 Å². The van der Waals surface area contributed by atoms with Crippen molar-refractivity contribution in [2.45, 2.75) is 92.3 Å². The van der Waals surface area contributed by atoms with E-state index < -0.39 is 70.1 Å². The molecule has 0 N–H and O–H groups in total. The van der Waals surface area contributed by atoms with Crippen LogP contribution in [0, 0.1) is 10.2 Å². The molecule has 0 saturated carbocycles. The first-order valence-corrected chi connectivity index (χ1v) is 10.6. The molecule has 0 radical (unpaired) electrons. The maximum Gasteiger partial charge on any atom is 0.384 e. The van der Waals surface area contributed by atoms with Crippen molar-refractivity contribution in [3.05, 3.63) is 4.77 Å². The Morgan fingerprint density at radius 2 is 0.861 bits per heavy atom. The molecular formula is C17H18F14N2S3. The summed E-state index contributed by atoms with van der Waals surface area (Å²) in [4.78, 5) is 0. The highest BCUT2D eigenvalue weighted by Crippen LogP contribution is 2.62. The van der Waals surface area contributed by atoms with E-state index in [1.165, 1.54) is 0 Å². The first-order chi connectivity index (χ1) is 15.4. The first kappa shape index (κ1) is 33.2. The zero-order valence-corrected chi connectivity index (χ0v) is 21.0. The van der Waals surface area contributed by atoms with Crippen molar-refractivity contribution < 1.29 is 61.5 Å². The molecule has 0 aliphatic heterocycles. The van der Waals surface area contributed by atoms with Gasteiger partial charge in [0.25, 0.3) is 0 Å². The van der Waals surface area contributed by atoms with E-state index in [-0.39, 0.29) is 16.1 Å². The van der Waals surface area contributed by atoms with Gasteiger partial charge in [-0.1, -0.05) is 20.8 Å². The third-order valence-corrected chi connectivity index (χ3v) is 6.27. The lowest BCUT2D eigenvalue weighted by atomic mass is 9.89. The zero-order chi connectivity index (χ0) is 29.3. The van der Waals surface area contributed by atoms with Crippen LogP contribution in [-0.2, 0) is 13.1 Å². The Morgan fingerprint density at radius 3 is 1.19 bits per heavy atom. The van der Waals surface area contributed by atoms with E-state index in [9.17, 15) is 61.5 Å². The molecule has 212 valence electrons. The molecule has 0 spiro atoms. The van der Waals surface area contributed by atoms with Crippen molar-refractivity contribution in [1.82, 2.24) is 9.13 Å². The van der Waals surface area contributed by atoms with Crippen molar-refractivity contribution in [2.75, 3.05) is 0 Å². The van der Waals surface area contributed by atoms with E-state index >= 15 is 0 Å². The number of halogens is 14. The highest BCUT2D eigenvalue weighted by Gasteiger charge is 2.92. The van der Waals surface area contributed by atoms with Gasteiger partial charge >= 0.3 is 41.5 Å². The van der Waals surface area contributed by atoms with Gasteiger partial charge in [0.2, 0.25) is 0 Å². The topological polar surface area (TPSA) is 9.86 Å². The van der Waals surface area contributed by atoms with Crippen LogP contribution in [0.4, 0.5) is 61.5 Å². The second kappa shape index (κ2) is 9.12. The fourth-order valence-corrected chi connectivity index (χ4v) is 3.74. The molecule has 0 unspecified atom stereocenters. The molecule has 36 heavy (non-hydrogen) atoms. The predicted molar refractivity (Wildman–Crippen MR) is 108 cm³/mol. The van der Waals surface area contributed by atoms with Crippen LogP contribution >= 0.6 is 37.5 Å². The molecule has 1 heterocycles. The van der Waals surface area contributed by atoms with E-state index in [0.29, 0.717) is 0 Å². The van der Waals surface area contributed by atoms with Gasteiger partial charge in [-0.15, -0.1) is 25.3 Å². The third kappa shape index (κ3) is 4.96. The molecule has 0 amide bonds. The van der Waals surface area contributed by atoms with Crippen molar-refractivity contribution in [3.8, 4) is 0 Å². The monoisotopic (exact) mass is 612 g/mol. The van der Waals surface area contributed by atoms with E-state index in [0.717, 1.165) is 4.57 Å². The summed E-state index contributed by atoms with van der Waals surface area (Å²) in [6.45, 7) is 0.888. The summed E-state index contributed by atoms with van der Waals surface area (Å²) in [7, 11) is 0. The summed E-state index contributed by atoms with van der Waals surface area (Å²) in [6, 6.07) is 0. The Morgan fingerprint density at radius 1 is 0.556 bits per heavy atom. The molecule has 0 saturated heterocycles. The van der Waals surface area contributed by atoms with Gasteiger partial charge < -0.3 is 9.13 Å². The lowest BCUT2D eigenvalue weighted by molar-refractivity contribution is -0.440. The fourth-order valence-electron chi connectivity index (χ4n) is 2.72. The maximum absolute atomic E-state index is 14.4. The van der Waals surface area contributed by atoms with Crippen LogP contribution in [0.1, 0.15) is 27.7 Å². The minimum atomic E-state index is -8.10. The minimum Gasteiger partial charge on any atom is -0.311 e. The molecule has 0 bridgehead atoms. The molecular weight excluding hydrogens is 594 g/mol. The van der Waals surface area contributed by atoms with Crippen LogP contribution in [0.2, 0.25) is 0 Å². The highest BCUT2D eigenvalue weighted by atomic mass is 32.1. The second-order valence-corrected chi connectivity index (χ2v) is 10.3. The SMILES string of the molecule is CC(C)(C)Cn1c(S)c(S)n(CC(F)(F)C(F)(F)C(F)(F)C(F)(F)C(F)(F)C(F)(F)C(C)(F)F)c1=S. The number of hydrogen-bond donors (Lipinski definition) is 2. The molecule has 2 nitrogen and oxygen atoms in total. The Kier molecular flexibility index (Phi) is 8.40. The summed E-state index contributed by atoms with van der Waals surface area (Å²) in [6.07, 6.45) is 0. The van der Waals surface area contributed by atoms with Gasteiger partial charge in [0.15, 0.2) is 4.77 Å². The highest BCUT2D eigenvalue weighted by molar-refractivity contribution is 7.83. The normalized spacial score (nSPS) is 15.6. The van der Waals surface area contributed by atoms with E-state index in [4.69, 9.17) is 12.2 Å². The van der Waals surface area contributed by atoms with Crippen LogP contribution in [0.15, 0.2) is 10.1 Å². The number of hydrogen-bond acceptors (Lipinski definition) is 3. The molecule has 0 fully saturated rings. The Hall–Kier alpha value is -0.850. The number of imidazole rings is 1. The fraction of sp³-hybridized carbons (Fsp3) is 0.824. The Balaban J connectivity index is 3.65. The number of rotatable bonds is 9. The summed E-state index contributed by atoms with van der Waals surface area (Å²) in [5.74, 6) is -51.4. The Labute approximate surface area is 210 Å². The van der Waals surface area contributed by atoms with Crippen LogP contribution < -0.4 is 0 Å². The first-order valence-electron chi connectivity index (χ1n) is 9.28. The van der Waals surface area contributed by atoms with Crippen LogP contribution in [0.5, 0.6) is 0 Å². The molecule has 0 aliphatic rings. The largest absolute Gasteiger partial charge is 0.384 e. The number of alkyl halides is 14. The molecule has 1 rings (SSSR count). The average molecular weight is 613 g/mol. The summed E-state index contributed by atoms with van der Waals surface area (Å²) in [5, 5.41) is -1.11. The molecule has 19 heteroatoms. The number of nitrogens with zero attached hydrogens (tertiary/aromatic N) is 2. The summed E-state index contributed by atoms with van der Waals surface area (Å²) in [5.41, 5.74) is -0.665. The van der Waals surface area contributed by atoms with Gasteiger partial charge in [0, 0.05) is 13.5 Å². The minimum absolute atomic E-state index is 0.0540. The van der Waals surface area contributed by atoms with Crippen molar-refractivity contribution in [2.24, 2.45) is 5.41 Å². The van der Waals surface area contributed by atoms with Crippen LogP contribution in [0.3, 0.4) is 0 Å². The maximum atomic E-state index is 14.4. The van der Waals surface area contributed by atoms with Crippen LogP contribution in [0.25, 0.3) is 0 Å². The zero-order valence-electron chi connectivity index (χ0n) is 18.4. The molecule has 1 aromatic rings. The van der Waals surface area contributed by atoms with Crippen molar-refractivity contribution in [1.29, 1.82) is 0 Å². The van der Waals surface area contributed by atoms with Gasteiger partial charge in [0.05, 0.1) is 6.54 Å². The molecule has 0 aromatic carbocycles. The van der Waals surface area contributed by atoms with Gasteiger partial charge in [-0.05, 0) is 17.6 Å². The van der Waals surface area contributed by atoms with E-state index in [2.05, 4.69) is 25.3 Å². The van der Waals surface area contributed by atoms with Gasteiger partial charge in [0.1, 0.15) is 10.1 Å². The van der Waals surface area contributed by atoms with Gasteiger partial charge in [-0.3, -0.25) is 0 Å². The average Bonchev–Trinajstić information content (AvgIpc) is 2.83. The Bertz CT molecular complexity index is 1030. The smallest absolute Gasteiger partial charge is 0.311 e. The third-order valence-electron chi connectivity index (χ3n) is 4.75. The number of thiol groups is 2. The number of aromatic nitrogens is 2. The molecule has 0 aliphatic carbocycles. The standard InChI is InChI=1S/C17H18F14N2S3/c1-10(2,3)5-32-7(34)8(35)33(9(32)36)6-12(20,21)14(24,25)16(28,29)17(30,31)15(26,27)13(22,23)11(4,18)19/h34-35H,5-6H2,1-4H3. The molecule has 0 atom stereocenters. The van der Waals surface area contributed by atoms with E-state index in [1.807, 2.05) is 0 Å². The summed E-state index contributed by atoms with van der Waals surface area (Å²) < 4.78 is 192. The predicted octanol–water partition coefficient (Wildman–Crippen LogP) is 8.11. The lowest BCUT2D eigenvalue weighted by Gasteiger charge is -2.42. The van der Waals surface area contributed by atoms with Gasteiger partial charge in [-0.2, -0.15) is 61.5 Å². The molecule has 1 aromatic heterocycles.